The van der Waals surface area contributed by atoms with Crippen LogP contribution < -0.4 is 5.32 Å². The van der Waals surface area contributed by atoms with Crippen LogP contribution in [0.4, 0.5) is 10.1 Å². The Morgan fingerprint density at radius 1 is 1.24 bits per heavy atom. The topological polar surface area (TPSA) is 75.7 Å². The number of rotatable bonds is 4. The molecule has 3 rings (SSSR count). The fourth-order valence-electron chi connectivity index (χ4n) is 3.37. The molecule has 6 nitrogen and oxygen atoms in total. The molecule has 1 saturated carbocycles. The first kappa shape index (κ1) is 18.3. The molecule has 0 bridgehead atoms. The highest BCUT2D eigenvalue weighted by Gasteiger charge is 2.36. The fourth-order valence-corrected chi connectivity index (χ4v) is 4.87. The highest BCUT2D eigenvalue weighted by atomic mass is 32.2. The molecule has 1 N–H and O–H groups in total. The number of carbonyl (C=O) groups is 1. The summed E-state index contributed by atoms with van der Waals surface area (Å²) in [7, 11) is -3.96. The van der Waals surface area contributed by atoms with E-state index in [4.69, 9.17) is 4.74 Å². The molecule has 0 spiro atoms. The van der Waals surface area contributed by atoms with Gasteiger partial charge in [-0.15, -0.1) is 0 Å². The lowest BCUT2D eigenvalue weighted by Gasteiger charge is -2.26. The number of carbonyl (C=O) groups excluding carboxylic acids is 1. The number of halogens is 1. The third kappa shape index (κ3) is 3.70. The highest BCUT2D eigenvalue weighted by Crippen LogP contribution is 2.38. The monoisotopic (exact) mass is 370 g/mol. The van der Waals surface area contributed by atoms with Crippen molar-refractivity contribution in [2.75, 3.05) is 31.6 Å². The van der Waals surface area contributed by atoms with Gasteiger partial charge in [0.25, 0.3) is 0 Å². The SMILES string of the molecule is CC1(C(=O)Nc2ccc(F)c(S(=O)(=O)N3CCOCC3)c2)CCCC1. The molecule has 0 atom stereocenters. The Kier molecular flexibility index (Phi) is 5.13. The van der Waals surface area contributed by atoms with Gasteiger partial charge in [-0.25, -0.2) is 12.8 Å². The van der Waals surface area contributed by atoms with Crippen molar-refractivity contribution in [3.63, 3.8) is 0 Å². The van der Waals surface area contributed by atoms with E-state index in [1.54, 1.807) is 0 Å². The Labute approximate surface area is 147 Å². The zero-order chi connectivity index (χ0) is 18.1. The highest BCUT2D eigenvalue weighted by molar-refractivity contribution is 7.89. The molecule has 2 aliphatic rings. The molecule has 138 valence electrons. The lowest BCUT2D eigenvalue weighted by Crippen LogP contribution is -2.41. The van der Waals surface area contributed by atoms with Gasteiger partial charge in [0.1, 0.15) is 10.7 Å². The summed E-state index contributed by atoms with van der Waals surface area (Å²) in [5.74, 6) is -0.970. The summed E-state index contributed by atoms with van der Waals surface area (Å²) in [5, 5.41) is 2.75. The average molecular weight is 370 g/mol. The van der Waals surface area contributed by atoms with Gasteiger partial charge in [-0.05, 0) is 31.0 Å². The van der Waals surface area contributed by atoms with Crippen molar-refractivity contribution in [3.05, 3.63) is 24.0 Å². The molecule has 1 heterocycles. The predicted molar refractivity (Wildman–Crippen MR) is 91.2 cm³/mol. The Morgan fingerprint density at radius 2 is 1.88 bits per heavy atom. The van der Waals surface area contributed by atoms with E-state index in [1.165, 1.54) is 16.4 Å². The molecule has 1 saturated heterocycles. The molecular formula is C17H23FN2O4S. The standard InChI is InChI=1S/C17H23FN2O4S/c1-17(6-2-3-7-17)16(21)19-13-4-5-14(18)15(12-13)25(22,23)20-8-10-24-11-9-20/h4-5,12H,2-3,6-11H2,1H3,(H,19,21). The second-order valence-electron chi connectivity index (χ2n) is 6.88. The van der Waals surface area contributed by atoms with Crippen molar-refractivity contribution >= 4 is 21.6 Å². The maximum absolute atomic E-state index is 14.2. The predicted octanol–water partition coefficient (Wildman–Crippen LogP) is 2.37. The second kappa shape index (κ2) is 7.01. The normalized spacial score (nSPS) is 21.2. The Hall–Kier alpha value is -1.51. The van der Waals surface area contributed by atoms with Crippen LogP contribution in [0, 0.1) is 11.2 Å². The number of ether oxygens (including phenoxy) is 1. The molecule has 0 unspecified atom stereocenters. The second-order valence-corrected chi connectivity index (χ2v) is 8.79. The number of nitrogens with zero attached hydrogens (tertiary/aromatic N) is 1. The van der Waals surface area contributed by atoms with Crippen LogP contribution in [-0.4, -0.2) is 44.9 Å². The molecule has 1 aliphatic heterocycles. The van der Waals surface area contributed by atoms with E-state index in [1.807, 2.05) is 6.92 Å². The minimum Gasteiger partial charge on any atom is -0.379 e. The molecule has 2 fully saturated rings. The maximum atomic E-state index is 14.2. The molecule has 25 heavy (non-hydrogen) atoms. The quantitative estimate of drug-likeness (QED) is 0.883. The lowest BCUT2D eigenvalue weighted by molar-refractivity contribution is -0.124. The zero-order valence-electron chi connectivity index (χ0n) is 14.3. The minimum atomic E-state index is -3.96. The van der Waals surface area contributed by atoms with Gasteiger partial charge in [-0.2, -0.15) is 4.31 Å². The summed E-state index contributed by atoms with van der Waals surface area (Å²) in [6.45, 7) is 2.86. The third-order valence-corrected chi connectivity index (χ3v) is 6.95. The Bertz CT molecular complexity index is 754. The van der Waals surface area contributed by atoms with E-state index in [9.17, 15) is 17.6 Å². The van der Waals surface area contributed by atoms with E-state index in [-0.39, 0.29) is 32.2 Å². The fraction of sp³-hybridized carbons (Fsp3) is 0.588. The molecule has 1 aliphatic carbocycles. The first-order valence-electron chi connectivity index (χ1n) is 8.52. The number of anilines is 1. The summed E-state index contributed by atoms with van der Waals surface area (Å²) in [4.78, 5) is 12.1. The van der Waals surface area contributed by atoms with Gasteiger partial charge in [0, 0.05) is 24.2 Å². The van der Waals surface area contributed by atoms with Crippen molar-refractivity contribution in [1.29, 1.82) is 0 Å². The number of morpholine rings is 1. The average Bonchev–Trinajstić information content (AvgIpc) is 3.05. The van der Waals surface area contributed by atoms with E-state index < -0.39 is 26.2 Å². The number of hydrogen-bond acceptors (Lipinski definition) is 4. The molecule has 0 aromatic heterocycles. The van der Waals surface area contributed by atoms with E-state index in [0.717, 1.165) is 31.7 Å². The van der Waals surface area contributed by atoms with Crippen LogP contribution in [0.1, 0.15) is 32.6 Å². The van der Waals surface area contributed by atoms with Gasteiger partial charge in [-0.3, -0.25) is 4.79 Å². The van der Waals surface area contributed by atoms with Crippen LogP contribution in [0.25, 0.3) is 0 Å². The van der Waals surface area contributed by atoms with Crippen LogP contribution in [0.15, 0.2) is 23.1 Å². The number of sulfonamides is 1. The van der Waals surface area contributed by atoms with Gasteiger partial charge in [0.05, 0.1) is 13.2 Å². The summed E-state index contributed by atoms with van der Waals surface area (Å²) < 4.78 is 45.9. The lowest BCUT2D eigenvalue weighted by atomic mass is 9.88. The summed E-state index contributed by atoms with van der Waals surface area (Å²) in [6.07, 6.45) is 3.62. The van der Waals surface area contributed by atoms with Crippen LogP contribution in [0.5, 0.6) is 0 Å². The maximum Gasteiger partial charge on any atom is 0.246 e. The van der Waals surface area contributed by atoms with Crippen molar-refractivity contribution in [2.45, 2.75) is 37.5 Å². The molecular weight excluding hydrogens is 347 g/mol. The molecule has 0 radical (unpaired) electrons. The first-order chi connectivity index (χ1) is 11.8. The van der Waals surface area contributed by atoms with Gasteiger partial charge in [-0.1, -0.05) is 19.8 Å². The van der Waals surface area contributed by atoms with E-state index in [0.29, 0.717) is 5.69 Å². The summed E-state index contributed by atoms with van der Waals surface area (Å²) >= 11 is 0. The number of amides is 1. The molecule has 1 aromatic rings. The first-order valence-corrected chi connectivity index (χ1v) is 9.96. The molecule has 1 aromatic carbocycles. The van der Waals surface area contributed by atoms with Crippen molar-refractivity contribution < 1.29 is 22.3 Å². The summed E-state index contributed by atoms with van der Waals surface area (Å²) in [5.41, 5.74) is -0.149. The Balaban J connectivity index is 1.84. The summed E-state index contributed by atoms with van der Waals surface area (Å²) in [6, 6.07) is 3.68. The third-order valence-electron chi connectivity index (χ3n) is 5.03. The number of nitrogens with one attached hydrogen (secondary N) is 1. The van der Waals surface area contributed by atoms with Crippen LogP contribution in [0.2, 0.25) is 0 Å². The number of hydrogen-bond donors (Lipinski definition) is 1. The minimum absolute atomic E-state index is 0.147. The van der Waals surface area contributed by atoms with Crippen LogP contribution in [0.3, 0.4) is 0 Å². The smallest absolute Gasteiger partial charge is 0.246 e. The van der Waals surface area contributed by atoms with Crippen molar-refractivity contribution in [3.8, 4) is 0 Å². The van der Waals surface area contributed by atoms with Crippen LogP contribution in [-0.2, 0) is 19.6 Å². The van der Waals surface area contributed by atoms with Gasteiger partial charge in [0.2, 0.25) is 15.9 Å². The van der Waals surface area contributed by atoms with Gasteiger partial charge >= 0.3 is 0 Å². The van der Waals surface area contributed by atoms with Gasteiger partial charge < -0.3 is 10.1 Å². The number of benzene rings is 1. The molecule has 1 amide bonds. The molecule has 8 heteroatoms. The van der Waals surface area contributed by atoms with E-state index >= 15 is 0 Å². The van der Waals surface area contributed by atoms with Crippen molar-refractivity contribution in [1.82, 2.24) is 4.31 Å². The van der Waals surface area contributed by atoms with Crippen molar-refractivity contribution in [2.24, 2.45) is 5.41 Å². The van der Waals surface area contributed by atoms with E-state index in [2.05, 4.69) is 5.32 Å². The Morgan fingerprint density at radius 3 is 2.52 bits per heavy atom. The van der Waals surface area contributed by atoms with Gasteiger partial charge in [0.15, 0.2) is 0 Å². The zero-order valence-corrected chi connectivity index (χ0v) is 15.1. The van der Waals surface area contributed by atoms with Crippen LogP contribution >= 0.6 is 0 Å². The largest absolute Gasteiger partial charge is 0.379 e.